The van der Waals surface area contributed by atoms with Crippen molar-refractivity contribution in [2.24, 2.45) is 0 Å². The molecule has 0 unspecified atom stereocenters. The zero-order valence-electron chi connectivity index (χ0n) is 23.9. The molecule has 41 heavy (non-hydrogen) atoms. The number of ether oxygens (including phenoxy) is 1. The summed E-state index contributed by atoms with van der Waals surface area (Å²) in [6.07, 6.45) is 2.11. The third-order valence-corrected chi connectivity index (χ3v) is 8.25. The largest absolute Gasteiger partial charge is 0.489 e. The minimum atomic E-state index is -3.85. The molecule has 1 N–H and O–H groups in total. The summed E-state index contributed by atoms with van der Waals surface area (Å²) in [6, 6.07) is 22.4. The van der Waals surface area contributed by atoms with Crippen LogP contribution >= 0.6 is 11.6 Å². The van der Waals surface area contributed by atoms with Crippen LogP contribution in [0.3, 0.4) is 0 Å². The molecule has 0 aliphatic heterocycles. The van der Waals surface area contributed by atoms with E-state index in [-0.39, 0.29) is 18.5 Å². The van der Waals surface area contributed by atoms with Gasteiger partial charge in [0.1, 0.15) is 24.9 Å². The minimum Gasteiger partial charge on any atom is -0.489 e. The number of sulfonamides is 1. The van der Waals surface area contributed by atoms with E-state index in [0.717, 1.165) is 22.5 Å². The van der Waals surface area contributed by atoms with Crippen LogP contribution < -0.4 is 14.4 Å². The third kappa shape index (κ3) is 9.23. The molecule has 2 atom stereocenters. The fourth-order valence-corrected chi connectivity index (χ4v) is 5.28. The van der Waals surface area contributed by atoms with Crippen LogP contribution in [-0.4, -0.2) is 50.0 Å². The van der Waals surface area contributed by atoms with Gasteiger partial charge in [-0.25, -0.2) is 8.42 Å². The van der Waals surface area contributed by atoms with Crippen LogP contribution in [0.1, 0.15) is 44.7 Å². The highest BCUT2D eigenvalue weighted by Gasteiger charge is 2.32. The summed E-state index contributed by atoms with van der Waals surface area (Å²) in [5, 5.41) is 3.40. The van der Waals surface area contributed by atoms with E-state index >= 15 is 0 Å². The van der Waals surface area contributed by atoms with Crippen molar-refractivity contribution in [1.82, 2.24) is 10.2 Å². The number of anilines is 1. The number of halogens is 1. The molecule has 3 aromatic carbocycles. The average molecular weight is 600 g/mol. The van der Waals surface area contributed by atoms with Crippen LogP contribution in [0.25, 0.3) is 0 Å². The van der Waals surface area contributed by atoms with Gasteiger partial charge >= 0.3 is 0 Å². The molecule has 3 rings (SSSR count). The molecule has 2 amide bonds. The molecule has 0 radical (unpaired) electrons. The molecule has 0 fully saturated rings. The van der Waals surface area contributed by atoms with Crippen LogP contribution in [0.5, 0.6) is 5.75 Å². The highest BCUT2D eigenvalue weighted by molar-refractivity contribution is 7.92. The normalized spacial score (nSPS) is 12.7. The van der Waals surface area contributed by atoms with Gasteiger partial charge in [0, 0.05) is 17.6 Å². The van der Waals surface area contributed by atoms with E-state index in [0.29, 0.717) is 35.1 Å². The predicted molar refractivity (Wildman–Crippen MR) is 163 cm³/mol. The van der Waals surface area contributed by atoms with Crippen molar-refractivity contribution < 1.29 is 22.7 Å². The molecule has 0 aromatic heterocycles. The van der Waals surface area contributed by atoms with Gasteiger partial charge in [-0.05, 0) is 61.2 Å². The fourth-order valence-electron chi connectivity index (χ4n) is 4.23. The highest BCUT2D eigenvalue weighted by atomic mass is 35.5. The lowest BCUT2D eigenvalue weighted by molar-refractivity contribution is -0.140. The molecule has 3 aromatic rings. The van der Waals surface area contributed by atoms with Gasteiger partial charge in [0.05, 0.1) is 11.9 Å². The quantitative estimate of drug-likeness (QED) is 0.267. The van der Waals surface area contributed by atoms with Gasteiger partial charge in [0.25, 0.3) is 0 Å². The summed E-state index contributed by atoms with van der Waals surface area (Å²) in [6.45, 7) is 5.60. The Balaban J connectivity index is 1.86. The van der Waals surface area contributed by atoms with Crippen LogP contribution in [0.15, 0.2) is 78.9 Å². The molecule has 10 heteroatoms. The van der Waals surface area contributed by atoms with E-state index in [1.807, 2.05) is 51.1 Å². The molecule has 0 heterocycles. The van der Waals surface area contributed by atoms with Crippen LogP contribution in [0.4, 0.5) is 5.69 Å². The molecule has 8 nitrogen and oxygen atoms in total. The van der Waals surface area contributed by atoms with Crippen molar-refractivity contribution in [3.63, 3.8) is 0 Å². The summed E-state index contributed by atoms with van der Waals surface area (Å²) < 4.78 is 32.6. The molecule has 0 spiro atoms. The van der Waals surface area contributed by atoms with E-state index in [2.05, 4.69) is 5.32 Å². The van der Waals surface area contributed by atoms with Crippen LogP contribution in [-0.2, 0) is 32.8 Å². The Labute approximate surface area is 248 Å². The number of nitrogens with one attached hydrogen (secondary N) is 1. The van der Waals surface area contributed by atoms with E-state index in [1.54, 1.807) is 48.5 Å². The second-order valence-electron chi connectivity index (χ2n) is 9.89. The Morgan fingerprint density at radius 1 is 0.927 bits per heavy atom. The summed E-state index contributed by atoms with van der Waals surface area (Å²) in [7, 11) is -3.85. The fraction of sp³-hybridized carbons (Fsp3) is 0.355. The van der Waals surface area contributed by atoms with E-state index in [1.165, 1.54) is 4.90 Å². The first-order valence-corrected chi connectivity index (χ1v) is 15.8. The van der Waals surface area contributed by atoms with Crippen molar-refractivity contribution >= 4 is 39.1 Å². The van der Waals surface area contributed by atoms with Crippen LogP contribution in [0.2, 0.25) is 5.02 Å². The predicted octanol–water partition coefficient (Wildman–Crippen LogP) is 5.41. The Morgan fingerprint density at radius 3 is 2.15 bits per heavy atom. The monoisotopic (exact) mass is 599 g/mol. The maximum absolute atomic E-state index is 13.8. The van der Waals surface area contributed by atoms with Crippen molar-refractivity contribution in [1.29, 1.82) is 0 Å². The maximum Gasteiger partial charge on any atom is 0.244 e. The number of rotatable bonds is 14. The first kappa shape index (κ1) is 32.0. The summed E-state index contributed by atoms with van der Waals surface area (Å²) in [5.41, 5.74) is 1.97. The Morgan fingerprint density at radius 2 is 1.56 bits per heavy atom. The average Bonchev–Trinajstić information content (AvgIpc) is 2.95. The zero-order chi connectivity index (χ0) is 30.0. The van der Waals surface area contributed by atoms with E-state index < -0.39 is 28.5 Å². The number of carbonyl (C=O) groups is 2. The van der Waals surface area contributed by atoms with Crippen LogP contribution in [0, 0.1) is 0 Å². The van der Waals surface area contributed by atoms with Gasteiger partial charge in [-0.2, -0.15) is 0 Å². The number of nitrogens with zero attached hydrogens (tertiary/aromatic N) is 2. The number of amides is 2. The highest BCUT2D eigenvalue weighted by Crippen LogP contribution is 2.24. The minimum absolute atomic E-state index is 0.0504. The van der Waals surface area contributed by atoms with Gasteiger partial charge in [-0.15, -0.1) is 0 Å². The van der Waals surface area contributed by atoms with Crippen molar-refractivity contribution in [3.8, 4) is 5.75 Å². The molecule has 220 valence electrons. The maximum atomic E-state index is 13.8. The number of hydrogen-bond acceptors (Lipinski definition) is 5. The van der Waals surface area contributed by atoms with E-state index in [9.17, 15) is 18.0 Å². The molecule has 0 aliphatic rings. The second kappa shape index (κ2) is 14.9. The lowest BCUT2D eigenvalue weighted by Gasteiger charge is -2.33. The molecule has 0 saturated heterocycles. The Hall–Kier alpha value is -3.56. The number of carbonyl (C=O) groups excluding carboxylic acids is 2. The topological polar surface area (TPSA) is 96.0 Å². The van der Waals surface area contributed by atoms with Gasteiger partial charge in [0.15, 0.2) is 0 Å². The molecule has 0 bridgehead atoms. The summed E-state index contributed by atoms with van der Waals surface area (Å²) in [4.78, 5) is 28.5. The summed E-state index contributed by atoms with van der Waals surface area (Å²) in [5.74, 6) is -0.260. The molecule has 0 saturated carbocycles. The van der Waals surface area contributed by atoms with Gasteiger partial charge in [-0.1, -0.05) is 74.0 Å². The smallest absolute Gasteiger partial charge is 0.244 e. The standard InChI is InChI=1S/C31H38ClN3O5S/c1-5-23(3)33-31(37)29(6-2)34(20-25-14-10-11-15-28(25)32)30(36)21-35(41(4,38)39)26-16-18-27(19-17-26)40-22-24-12-8-7-9-13-24/h7-19,23,29H,5-6,20-22H2,1-4H3,(H,33,37)/t23-,29+/m0/s1. The Bertz CT molecular complexity index is 1400. The SMILES string of the molecule is CC[C@H](C(=O)N[C@@H](C)CC)N(Cc1ccccc1Cl)C(=O)CN(c1ccc(OCc2ccccc2)cc1)S(C)(=O)=O. The van der Waals surface area contributed by atoms with Crippen molar-refractivity contribution in [2.75, 3.05) is 17.1 Å². The van der Waals surface area contributed by atoms with Gasteiger partial charge in [-0.3, -0.25) is 13.9 Å². The number of hydrogen-bond donors (Lipinski definition) is 1. The summed E-state index contributed by atoms with van der Waals surface area (Å²) >= 11 is 6.40. The molecular weight excluding hydrogens is 562 g/mol. The molecular formula is C31H38ClN3O5S. The second-order valence-corrected chi connectivity index (χ2v) is 12.2. The van der Waals surface area contributed by atoms with Crippen molar-refractivity contribution in [2.45, 2.75) is 58.8 Å². The van der Waals surface area contributed by atoms with Gasteiger partial charge < -0.3 is 15.0 Å². The lowest BCUT2D eigenvalue weighted by atomic mass is 10.1. The lowest BCUT2D eigenvalue weighted by Crippen LogP contribution is -2.53. The Kier molecular flexibility index (Phi) is 11.6. The first-order chi connectivity index (χ1) is 19.5. The van der Waals surface area contributed by atoms with Crippen molar-refractivity contribution in [3.05, 3.63) is 95.0 Å². The molecule has 0 aliphatic carbocycles. The number of benzene rings is 3. The zero-order valence-corrected chi connectivity index (χ0v) is 25.5. The third-order valence-electron chi connectivity index (χ3n) is 6.74. The van der Waals surface area contributed by atoms with Gasteiger partial charge in [0.2, 0.25) is 21.8 Å². The van der Waals surface area contributed by atoms with E-state index in [4.69, 9.17) is 16.3 Å². The first-order valence-electron chi connectivity index (χ1n) is 13.6.